The van der Waals surface area contributed by atoms with Gasteiger partial charge >= 0.3 is 0 Å². The van der Waals surface area contributed by atoms with Gasteiger partial charge in [-0.05, 0) is 48.4 Å². The normalized spacial score (nSPS) is 11.1. The number of hydrogen-bond donors (Lipinski definition) is 2. The number of aliphatic imine (C=N–C) groups is 1. The van der Waals surface area contributed by atoms with E-state index in [0.29, 0.717) is 24.8 Å². The highest BCUT2D eigenvalue weighted by atomic mass is 127. The van der Waals surface area contributed by atoms with Crippen molar-refractivity contribution in [3.05, 3.63) is 71.9 Å². The minimum Gasteiger partial charge on any atom is -0.444 e. The van der Waals surface area contributed by atoms with Gasteiger partial charge in [0, 0.05) is 24.2 Å². The van der Waals surface area contributed by atoms with Crippen molar-refractivity contribution in [2.24, 2.45) is 10.7 Å². The smallest absolute Gasteiger partial charge is 0.226 e. The van der Waals surface area contributed by atoms with Crippen molar-refractivity contribution in [1.82, 2.24) is 4.98 Å². The van der Waals surface area contributed by atoms with Gasteiger partial charge in [-0.1, -0.05) is 19.1 Å². The second-order valence-electron chi connectivity index (χ2n) is 5.84. The number of nitrogens with one attached hydrogen (secondary N) is 1. The molecule has 0 bridgehead atoms. The van der Waals surface area contributed by atoms with Crippen LogP contribution >= 0.6 is 24.0 Å². The third-order valence-corrected chi connectivity index (χ3v) is 3.93. The Morgan fingerprint density at radius 3 is 2.52 bits per heavy atom. The summed E-state index contributed by atoms with van der Waals surface area (Å²) in [5, 5.41) is 3.06. The van der Waals surface area contributed by atoms with Crippen LogP contribution in [-0.4, -0.2) is 17.5 Å². The van der Waals surface area contributed by atoms with E-state index in [-0.39, 0.29) is 29.8 Å². The van der Waals surface area contributed by atoms with Crippen molar-refractivity contribution >= 4 is 35.6 Å². The first-order valence-corrected chi connectivity index (χ1v) is 8.50. The summed E-state index contributed by atoms with van der Waals surface area (Å²) in [6.07, 6.45) is 3.19. The molecule has 0 saturated heterocycles. The third kappa shape index (κ3) is 6.06. The van der Waals surface area contributed by atoms with E-state index in [0.717, 1.165) is 23.4 Å². The first-order chi connectivity index (χ1) is 12.6. The number of rotatable bonds is 6. The molecule has 1 heterocycles. The fourth-order valence-corrected chi connectivity index (χ4v) is 2.45. The third-order valence-electron chi connectivity index (χ3n) is 3.93. The predicted octanol–water partition coefficient (Wildman–Crippen LogP) is 4.63. The molecule has 0 aliphatic rings. The van der Waals surface area contributed by atoms with Crippen LogP contribution in [0.3, 0.4) is 0 Å². The van der Waals surface area contributed by atoms with E-state index < -0.39 is 0 Å². The lowest BCUT2D eigenvalue weighted by molar-refractivity contribution is 0.572. The summed E-state index contributed by atoms with van der Waals surface area (Å²) in [7, 11) is 0. The van der Waals surface area contributed by atoms with Crippen LogP contribution in [-0.2, 0) is 12.8 Å². The van der Waals surface area contributed by atoms with E-state index in [1.807, 2.05) is 12.1 Å². The molecule has 27 heavy (non-hydrogen) atoms. The molecule has 0 saturated carbocycles. The van der Waals surface area contributed by atoms with Crippen LogP contribution in [0.4, 0.5) is 10.1 Å². The molecule has 2 aromatic carbocycles. The minimum absolute atomic E-state index is 0. The molecule has 0 fully saturated rings. The molecule has 0 spiro atoms. The van der Waals surface area contributed by atoms with E-state index in [4.69, 9.17) is 10.2 Å². The first-order valence-electron chi connectivity index (χ1n) is 8.50. The number of benzene rings is 2. The van der Waals surface area contributed by atoms with Crippen LogP contribution < -0.4 is 11.1 Å². The van der Waals surface area contributed by atoms with Gasteiger partial charge in [0.15, 0.2) is 5.96 Å². The Morgan fingerprint density at radius 1 is 1.15 bits per heavy atom. The van der Waals surface area contributed by atoms with Gasteiger partial charge in [0.2, 0.25) is 5.89 Å². The largest absolute Gasteiger partial charge is 0.444 e. The molecule has 7 heteroatoms. The fraction of sp³-hybridized carbons (Fsp3) is 0.200. The summed E-state index contributed by atoms with van der Waals surface area (Å²) in [4.78, 5) is 8.69. The van der Waals surface area contributed by atoms with Crippen molar-refractivity contribution in [3.63, 3.8) is 0 Å². The van der Waals surface area contributed by atoms with Gasteiger partial charge in [0.05, 0.1) is 5.69 Å². The molecule has 142 valence electrons. The van der Waals surface area contributed by atoms with E-state index >= 15 is 0 Å². The molecule has 5 nitrogen and oxygen atoms in total. The second-order valence-corrected chi connectivity index (χ2v) is 5.84. The van der Waals surface area contributed by atoms with E-state index in [1.54, 1.807) is 18.4 Å². The van der Waals surface area contributed by atoms with E-state index in [9.17, 15) is 4.39 Å². The summed E-state index contributed by atoms with van der Waals surface area (Å²) in [5.41, 5.74) is 9.59. The number of nitrogens with zero attached hydrogens (tertiary/aromatic N) is 2. The molecule has 0 amide bonds. The molecule has 0 aliphatic carbocycles. The maximum absolute atomic E-state index is 13.0. The summed E-state index contributed by atoms with van der Waals surface area (Å²) in [6.45, 7) is 2.60. The topological polar surface area (TPSA) is 76.4 Å². The number of guanidine groups is 1. The SMILES string of the molecule is CCc1ccc(NC(N)=NCCc2coc(-c3ccc(F)cc3)n2)cc1.I. The highest BCUT2D eigenvalue weighted by Gasteiger charge is 2.06. The average Bonchev–Trinajstić information content (AvgIpc) is 3.12. The standard InChI is InChI=1S/C20H21FN4O.HI/c1-2-14-3-9-17(10-4-14)25-20(22)23-12-11-18-13-26-19(24-18)15-5-7-16(21)8-6-15;/h3-10,13H,2,11-12H2,1H3,(H3,22,23,25);1H. The molecule has 0 aliphatic heterocycles. The minimum atomic E-state index is -0.290. The van der Waals surface area contributed by atoms with Crippen molar-refractivity contribution < 1.29 is 8.81 Å². The van der Waals surface area contributed by atoms with Crippen molar-refractivity contribution in [3.8, 4) is 11.5 Å². The quantitative estimate of drug-likeness (QED) is 0.307. The highest BCUT2D eigenvalue weighted by molar-refractivity contribution is 14.0. The van der Waals surface area contributed by atoms with E-state index in [2.05, 4.69) is 34.3 Å². The van der Waals surface area contributed by atoms with Gasteiger partial charge in [-0.3, -0.25) is 4.99 Å². The number of anilines is 1. The molecule has 0 unspecified atom stereocenters. The monoisotopic (exact) mass is 480 g/mol. The van der Waals surface area contributed by atoms with E-state index in [1.165, 1.54) is 17.7 Å². The fourth-order valence-electron chi connectivity index (χ4n) is 2.45. The molecule has 3 rings (SSSR count). The number of hydrogen-bond acceptors (Lipinski definition) is 3. The number of oxazole rings is 1. The lowest BCUT2D eigenvalue weighted by Gasteiger charge is -2.06. The second kappa shape index (κ2) is 10.1. The molecule has 3 N–H and O–H groups in total. The van der Waals surface area contributed by atoms with Crippen LogP contribution in [0, 0.1) is 5.82 Å². The van der Waals surface area contributed by atoms with Crippen molar-refractivity contribution in [2.45, 2.75) is 19.8 Å². The Labute approximate surface area is 174 Å². The number of nitrogens with two attached hydrogens (primary N) is 1. The van der Waals surface area contributed by atoms with Crippen molar-refractivity contribution in [2.75, 3.05) is 11.9 Å². The lowest BCUT2D eigenvalue weighted by Crippen LogP contribution is -2.23. The molecule has 1 aromatic heterocycles. The Balaban J connectivity index is 0.00000261. The zero-order chi connectivity index (χ0) is 18.4. The van der Waals surface area contributed by atoms with Gasteiger partial charge in [-0.2, -0.15) is 0 Å². The molecular formula is C20H22FIN4O. The summed E-state index contributed by atoms with van der Waals surface area (Å²) >= 11 is 0. The Bertz CT molecular complexity index is 876. The number of halogens is 2. The molecule has 0 radical (unpaired) electrons. The Kier molecular flexibility index (Phi) is 7.78. The molecule has 0 atom stereocenters. The average molecular weight is 480 g/mol. The predicted molar refractivity (Wildman–Crippen MR) is 117 cm³/mol. The van der Waals surface area contributed by atoms with Gasteiger partial charge in [0.25, 0.3) is 0 Å². The maximum atomic E-state index is 13.0. The van der Waals surface area contributed by atoms with Gasteiger partial charge < -0.3 is 15.5 Å². The number of aryl methyl sites for hydroxylation is 1. The van der Waals surface area contributed by atoms with Crippen molar-refractivity contribution in [1.29, 1.82) is 0 Å². The zero-order valence-electron chi connectivity index (χ0n) is 15.0. The van der Waals surface area contributed by atoms with Crippen LogP contribution in [0.15, 0.2) is 64.2 Å². The number of aromatic nitrogens is 1. The molecule has 3 aromatic rings. The van der Waals surface area contributed by atoms with Crippen LogP contribution in [0.1, 0.15) is 18.2 Å². The van der Waals surface area contributed by atoms with Crippen LogP contribution in [0.25, 0.3) is 11.5 Å². The van der Waals surface area contributed by atoms with Gasteiger partial charge in [-0.25, -0.2) is 9.37 Å². The lowest BCUT2D eigenvalue weighted by atomic mass is 10.1. The Hall–Kier alpha value is -2.42. The van der Waals surface area contributed by atoms with Gasteiger partial charge in [0.1, 0.15) is 12.1 Å². The first kappa shape index (κ1) is 20.9. The van der Waals surface area contributed by atoms with Crippen LogP contribution in [0.2, 0.25) is 0 Å². The van der Waals surface area contributed by atoms with Gasteiger partial charge in [-0.15, -0.1) is 24.0 Å². The Morgan fingerprint density at radius 2 is 1.85 bits per heavy atom. The summed E-state index contributed by atoms with van der Waals surface area (Å²) < 4.78 is 18.4. The highest BCUT2D eigenvalue weighted by Crippen LogP contribution is 2.19. The summed E-state index contributed by atoms with van der Waals surface area (Å²) in [6, 6.07) is 14.1. The summed E-state index contributed by atoms with van der Waals surface area (Å²) in [5.74, 6) is 0.532. The van der Waals surface area contributed by atoms with Crippen LogP contribution in [0.5, 0.6) is 0 Å². The maximum Gasteiger partial charge on any atom is 0.226 e. The zero-order valence-corrected chi connectivity index (χ0v) is 17.3. The molecular weight excluding hydrogens is 458 g/mol.